The number of nitro groups is 1. The van der Waals surface area contributed by atoms with Gasteiger partial charge in [0.1, 0.15) is 11.7 Å². The Bertz CT molecular complexity index is 1280. The van der Waals surface area contributed by atoms with Crippen LogP contribution in [0.4, 0.5) is 5.69 Å². The van der Waals surface area contributed by atoms with E-state index in [1.165, 1.54) is 12.1 Å². The molecule has 9 nitrogen and oxygen atoms in total. The molecule has 178 valence electrons. The number of para-hydroxylation sites is 1. The third-order valence-electron chi connectivity index (χ3n) is 6.31. The normalized spacial score (nSPS) is 18.3. The van der Waals surface area contributed by atoms with E-state index in [9.17, 15) is 25.0 Å². The van der Waals surface area contributed by atoms with Crippen molar-refractivity contribution >= 4 is 28.4 Å². The predicted molar refractivity (Wildman–Crippen MR) is 129 cm³/mol. The van der Waals surface area contributed by atoms with Crippen LogP contribution in [-0.2, 0) is 11.2 Å². The van der Waals surface area contributed by atoms with Gasteiger partial charge in [-0.1, -0.05) is 49.2 Å². The molecule has 1 fully saturated rings. The number of nitro benzene ring substituents is 1. The van der Waals surface area contributed by atoms with Crippen molar-refractivity contribution in [1.29, 1.82) is 5.26 Å². The molecule has 0 spiro atoms. The minimum absolute atomic E-state index is 0.0343. The number of hydrogen-bond donors (Lipinski definition) is 2. The van der Waals surface area contributed by atoms with Crippen molar-refractivity contribution in [3.8, 4) is 6.07 Å². The average Bonchev–Trinajstić information content (AvgIpc) is 2.88. The maximum atomic E-state index is 13.1. The molecule has 35 heavy (non-hydrogen) atoms. The summed E-state index contributed by atoms with van der Waals surface area (Å²) in [5.74, 6) is -1.07. The van der Waals surface area contributed by atoms with Crippen LogP contribution in [0.2, 0.25) is 0 Å². The number of aromatic nitrogens is 1. The Morgan fingerprint density at radius 3 is 2.57 bits per heavy atom. The van der Waals surface area contributed by atoms with Crippen LogP contribution in [-0.4, -0.2) is 33.8 Å². The monoisotopic (exact) mass is 471 g/mol. The van der Waals surface area contributed by atoms with Crippen molar-refractivity contribution in [1.82, 2.24) is 15.6 Å². The Morgan fingerprint density at radius 1 is 1.09 bits per heavy atom. The van der Waals surface area contributed by atoms with Gasteiger partial charge in [0.2, 0.25) is 5.91 Å². The van der Waals surface area contributed by atoms with Gasteiger partial charge in [-0.3, -0.25) is 19.7 Å². The van der Waals surface area contributed by atoms with Crippen molar-refractivity contribution in [3.05, 3.63) is 82.0 Å². The molecule has 2 aromatic carbocycles. The molecular weight excluding hydrogens is 446 g/mol. The van der Waals surface area contributed by atoms with Crippen molar-refractivity contribution < 1.29 is 14.5 Å². The molecule has 0 aliphatic heterocycles. The number of fused-ring (bicyclic) bond motifs is 1. The van der Waals surface area contributed by atoms with Gasteiger partial charge < -0.3 is 10.6 Å². The van der Waals surface area contributed by atoms with E-state index in [-0.39, 0.29) is 30.0 Å². The average molecular weight is 472 g/mol. The van der Waals surface area contributed by atoms with E-state index in [2.05, 4.69) is 21.7 Å². The van der Waals surface area contributed by atoms with Crippen LogP contribution in [0.1, 0.15) is 41.7 Å². The maximum Gasteiger partial charge on any atom is 0.270 e. The van der Waals surface area contributed by atoms with Crippen molar-refractivity contribution in [2.75, 3.05) is 0 Å². The van der Waals surface area contributed by atoms with Crippen LogP contribution in [0, 0.1) is 27.4 Å². The van der Waals surface area contributed by atoms with Crippen LogP contribution in [0.3, 0.4) is 0 Å². The Hall–Kier alpha value is -4.32. The van der Waals surface area contributed by atoms with E-state index in [1.807, 2.05) is 30.3 Å². The number of carbonyl (C=O) groups excluding carboxylic acids is 2. The molecule has 0 bridgehead atoms. The largest absolute Gasteiger partial charge is 0.347 e. The van der Waals surface area contributed by atoms with Gasteiger partial charge in [0.25, 0.3) is 11.6 Å². The molecule has 4 rings (SSSR count). The van der Waals surface area contributed by atoms with Crippen LogP contribution in [0.5, 0.6) is 0 Å². The van der Waals surface area contributed by atoms with E-state index in [0.717, 1.165) is 23.7 Å². The first-order chi connectivity index (χ1) is 16.9. The summed E-state index contributed by atoms with van der Waals surface area (Å²) < 4.78 is 0. The second kappa shape index (κ2) is 10.7. The maximum absolute atomic E-state index is 13.1. The van der Waals surface area contributed by atoms with Gasteiger partial charge in [-0.2, -0.15) is 5.26 Å². The van der Waals surface area contributed by atoms with Crippen LogP contribution in [0.15, 0.2) is 60.7 Å². The summed E-state index contributed by atoms with van der Waals surface area (Å²) in [5.41, 5.74) is 1.69. The first-order valence-corrected chi connectivity index (χ1v) is 11.5. The molecule has 2 unspecified atom stereocenters. The van der Waals surface area contributed by atoms with Crippen LogP contribution >= 0.6 is 0 Å². The molecule has 2 amide bonds. The third kappa shape index (κ3) is 5.79. The molecule has 0 saturated heterocycles. The fourth-order valence-electron chi connectivity index (χ4n) is 4.45. The number of non-ortho nitro benzene ring substituents is 1. The van der Waals surface area contributed by atoms with Gasteiger partial charge in [0.15, 0.2) is 0 Å². The number of nitriles is 1. The van der Waals surface area contributed by atoms with Crippen LogP contribution in [0.25, 0.3) is 10.9 Å². The zero-order valence-corrected chi connectivity index (χ0v) is 19.0. The first kappa shape index (κ1) is 23.8. The highest BCUT2D eigenvalue weighted by Gasteiger charge is 2.33. The summed E-state index contributed by atoms with van der Waals surface area (Å²) in [6.45, 7) is 0. The van der Waals surface area contributed by atoms with Gasteiger partial charge >= 0.3 is 0 Å². The molecule has 3 atom stereocenters. The first-order valence-electron chi connectivity index (χ1n) is 11.5. The van der Waals surface area contributed by atoms with E-state index in [0.29, 0.717) is 24.1 Å². The SMILES string of the molecule is N#C[C@H](Cc1ccc([N+](=O)[O-])cc1)NC(=O)C1CCCCC1NC(=O)c1ccc2ccccc2n1. The highest BCUT2D eigenvalue weighted by molar-refractivity contribution is 5.95. The molecule has 1 aromatic heterocycles. The Kier molecular flexibility index (Phi) is 7.31. The summed E-state index contributed by atoms with van der Waals surface area (Å²) in [4.78, 5) is 40.8. The molecule has 3 aromatic rings. The molecule has 1 aliphatic rings. The molecule has 0 radical (unpaired) electrons. The Labute approximate surface area is 202 Å². The summed E-state index contributed by atoms with van der Waals surface area (Å²) in [6, 6.07) is 17.9. The number of carbonyl (C=O) groups is 2. The van der Waals surface area contributed by atoms with Crippen molar-refractivity contribution in [2.24, 2.45) is 5.92 Å². The number of nitrogens with zero attached hydrogens (tertiary/aromatic N) is 3. The quantitative estimate of drug-likeness (QED) is 0.398. The van der Waals surface area contributed by atoms with Crippen molar-refractivity contribution in [3.63, 3.8) is 0 Å². The van der Waals surface area contributed by atoms with E-state index < -0.39 is 16.9 Å². The number of benzene rings is 2. The highest BCUT2D eigenvalue weighted by Crippen LogP contribution is 2.25. The third-order valence-corrected chi connectivity index (χ3v) is 6.31. The van der Waals surface area contributed by atoms with Gasteiger partial charge in [-0.25, -0.2) is 4.98 Å². The lowest BCUT2D eigenvalue weighted by molar-refractivity contribution is -0.384. The molecule has 1 aliphatic carbocycles. The van der Waals surface area contributed by atoms with Gasteiger partial charge in [-0.05, 0) is 30.5 Å². The Morgan fingerprint density at radius 2 is 1.83 bits per heavy atom. The highest BCUT2D eigenvalue weighted by atomic mass is 16.6. The number of amides is 2. The molecular formula is C26H25N5O4. The van der Waals surface area contributed by atoms with E-state index in [4.69, 9.17) is 0 Å². The predicted octanol–water partition coefficient (Wildman–Crippen LogP) is 3.68. The van der Waals surface area contributed by atoms with Gasteiger partial charge in [0.05, 0.1) is 22.4 Å². The molecule has 2 N–H and O–H groups in total. The fraction of sp³-hybridized carbons (Fsp3) is 0.308. The number of nitrogens with one attached hydrogen (secondary N) is 2. The van der Waals surface area contributed by atoms with Crippen LogP contribution < -0.4 is 10.6 Å². The zero-order chi connectivity index (χ0) is 24.8. The summed E-state index contributed by atoms with van der Waals surface area (Å²) >= 11 is 0. The van der Waals surface area contributed by atoms with Gasteiger partial charge in [0, 0.05) is 30.0 Å². The number of hydrogen-bond acceptors (Lipinski definition) is 6. The van der Waals surface area contributed by atoms with E-state index in [1.54, 1.807) is 18.2 Å². The lowest BCUT2D eigenvalue weighted by Crippen LogP contribution is -2.50. The second-order valence-corrected chi connectivity index (χ2v) is 8.68. The summed E-state index contributed by atoms with van der Waals surface area (Å²) in [6.07, 6.45) is 3.25. The lowest BCUT2D eigenvalue weighted by Gasteiger charge is -2.31. The smallest absolute Gasteiger partial charge is 0.270 e. The topological polar surface area (TPSA) is 138 Å². The number of rotatable bonds is 7. The zero-order valence-electron chi connectivity index (χ0n) is 19.0. The minimum Gasteiger partial charge on any atom is -0.347 e. The summed E-state index contributed by atoms with van der Waals surface area (Å²) in [7, 11) is 0. The standard InChI is InChI=1S/C26H25N5O4/c27-16-19(15-17-9-12-20(13-10-17)31(34)35)28-25(32)21-6-2-4-8-23(21)30-26(33)24-14-11-18-5-1-3-7-22(18)29-24/h1,3,5,7,9-14,19,21,23H,2,4,6,8,15H2,(H,28,32)(H,30,33)/t19-,21?,23?/m0/s1. The Balaban J connectivity index is 1.41. The lowest BCUT2D eigenvalue weighted by atomic mass is 9.83. The molecule has 1 saturated carbocycles. The number of pyridine rings is 1. The second-order valence-electron chi connectivity index (χ2n) is 8.68. The molecule has 1 heterocycles. The van der Waals surface area contributed by atoms with Crippen molar-refractivity contribution in [2.45, 2.75) is 44.2 Å². The molecule has 9 heteroatoms. The summed E-state index contributed by atoms with van der Waals surface area (Å²) in [5, 5.41) is 27.1. The fourth-order valence-corrected chi connectivity index (χ4v) is 4.45. The minimum atomic E-state index is -0.788. The van der Waals surface area contributed by atoms with Gasteiger partial charge in [-0.15, -0.1) is 0 Å². The van der Waals surface area contributed by atoms with E-state index >= 15 is 0 Å².